The van der Waals surface area contributed by atoms with E-state index < -0.39 is 0 Å². The van der Waals surface area contributed by atoms with Gasteiger partial charge < -0.3 is 8.98 Å². The maximum atomic E-state index is 6.86. The highest BCUT2D eigenvalue weighted by Crippen LogP contribution is 2.45. The Hall–Kier alpha value is -7.04. The van der Waals surface area contributed by atoms with E-state index in [-0.39, 0.29) is 0 Å². The van der Waals surface area contributed by atoms with Crippen molar-refractivity contribution in [3.05, 3.63) is 176 Å². The molecule has 3 aromatic heterocycles. The number of fused-ring (bicyclic) bond motifs is 10. The van der Waals surface area contributed by atoms with Crippen molar-refractivity contribution in [3.63, 3.8) is 0 Å². The molecule has 0 bridgehead atoms. The molecule has 0 saturated heterocycles. The van der Waals surface area contributed by atoms with Crippen LogP contribution in [0, 0.1) is 0 Å². The van der Waals surface area contributed by atoms with Crippen LogP contribution < -0.4 is 0 Å². The lowest BCUT2D eigenvalue weighted by Gasteiger charge is -2.13. The first-order valence-corrected chi connectivity index (χ1v) is 17.6. The Morgan fingerprint density at radius 1 is 0.423 bits per heavy atom. The third kappa shape index (κ3) is 4.28. The van der Waals surface area contributed by atoms with Gasteiger partial charge in [0.15, 0.2) is 5.82 Å². The minimum absolute atomic E-state index is 0.673. The van der Waals surface area contributed by atoms with Gasteiger partial charge in [-0.2, -0.15) is 0 Å². The van der Waals surface area contributed by atoms with Crippen LogP contribution >= 0.6 is 0 Å². The topological polar surface area (TPSA) is 43.9 Å². The lowest BCUT2D eigenvalue weighted by Crippen LogP contribution is -1.98. The molecule has 11 aromatic rings. The molecule has 11 rings (SSSR count). The average Bonchev–Trinajstić information content (AvgIpc) is 3.78. The molecule has 0 saturated carbocycles. The van der Waals surface area contributed by atoms with Crippen LogP contribution in [0.25, 0.3) is 105 Å². The predicted octanol–water partition coefficient (Wildman–Crippen LogP) is 12.8. The Morgan fingerprint density at radius 2 is 0.981 bits per heavy atom. The van der Waals surface area contributed by atoms with E-state index >= 15 is 0 Å². The maximum Gasteiger partial charge on any atom is 0.160 e. The van der Waals surface area contributed by atoms with Gasteiger partial charge in [0.25, 0.3) is 0 Å². The van der Waals surface area contributed by atoms with Crippen molar-refractivity contribution in [1.82, 2.24) is 14.5 Å². The SMILES string of the molecule is c1ccc(-c2cc(-c3ccc(-n4c5ccc6ccccc6c5c5c6ccccc6ccc54)c4c3oc3ccccc34)nc(-c3ccccc3)n2)cc1. The first-order valence-electron chi connectivity index (χ1n) is 17.6. The molecule has 0 radical (unpaired) electrons. The molecule has 0 unspecified atom stereocenters. The number of hydrogen-bond donors (Lipinski definition) is 0. The molecule has 4 heteroatoms. The molecule has 242 valence electrons. The van der Waals surface area contributed by atoms with Gasteiger partial charge in [0.1, 0.15) is 11.2 Å². The molecule has 0 N–H and O–H groups in total. The summed E-state index contributed by atoms with van der Waals surface area (Å²) in [5.41, 5.74) is 9.60. The van der Waals surface area contributed by atoms with Crippen LogP contribution in [0.5, 0.6) is 0 Å². The number of hydrogen-bond acceptors (Lipinski definition) is 3. The van der Waals surface area contributed by atoms with Crippen molar-refractivity contribution in [1.29, 1.82) is 0 Å². The van der Waals surface area contributed by atoms with Gasteiger partial charge in [-0.25, -0.2) is 9.97 Å². The minimum atomic E-state index is 0.673. The summed E-state index contributed by atoms with van der Waals surface area (Å²) < 4.78 is 9.29. The number of para-hydroxylation sites is 1. The van der Waals surface area contributed by atoms with Gasteiger partial charge in [-0.1, -0.05) is 140 Å². The van der Waals surface area contributed by atoms with Crippen LogP contribution in [0.15, 0.2) is 180 Å². The standard InChI is InChI=1S/C48H29N3O/c1-3-15-32(16-4-1)38-29-39(50-48(49-38)33-17-5-2-6-18-33)36-25-28-42(46-37-21-11-12-22-43(37)52-47(36)46)51-40-26-23-30-13-7-9-19-34(30)44(40)45-35-20-10-8-14-31(35)24-27-41(45)51/h1-29H. The molecule has 0 aliphatic carbocycles. The fraction of sp³-hybridized carbons (Fsp3) is 0. The summed E-state index contributed by atoms with van der Waals surface area (Å²) in [4.78, 5) is 10.3. The van der Waals surface area contributed by atoms with Crippen LogP contribution in [0.3, 0.4) is 0 Å². The molecule has 4 nitrogen and oxygen atoms in total. The van der Waals surface area contributed by atoms with Crippen LogP contribution in [-0.4, -0.2) is 14.5 Å². The van der Waals surface area contributed by atoms with Gasteiger partial charge in [-0.15, -0.1) is 0 Å². The maximum absolute atomic E-state index is 6.86. The third-order valence-electron chi connectivity index (χ3n) is 10.4. The van der Waals surface area contributed by atoms with E-state index in [1.807, 2.05) is 42.5 Å². The molecule has 0 spiro atoms. The molecule has 52 heavy (non-hydrogen) atoms. The van der Waals surface area contributed by atoms with Crippen molar-refractivity contribution >= 4 is 65.3 Å². The Labute approximate surface area is 298 Å². The summed E-state index contributed by atoms with van der Waals surface area (Å²) in [5, 5.41) is 9.56. The summed E-state index contributed by atoms with van der Waals surface area (Å²) in [5.74, 6) is 0.673. The zero-order chi connectivity index (χ0) is 34.2. The van der Waals surface area contributed by atoms with Crippen LogP contribution in [0.4, 0.5) is 0 Å². The van der Waals surface area contributed by atoms with Crippen molar-refractivity contribution in [2.24, 2.45) is 0 Å². The van der Waals surface area contributed by atoms with Crippen molar-refractivity contribution < 1.29 is 4.42 Å². The second-order valence-corrected chi connectivity index (χ2v) is 13.3. The lowest BCUT2D eigenvalue weighted by molar-refractivity contribution is 0.669. The molecule has 0 fully saturated rings. The van der Waals surface area contributed by atoms with Gasteiger partial charge in [0.05, 0.1) is 33.5 Å². The van der Waals surface area contributed by atoms with Gasteiger partial charge in [0, 0.05) is 32.8 Å². The summed E-state index contributed by atoms with van der Waals surface area (Å²) in [6, 6.07) is 61.8. The number of benzene rings is 8. The summed E-state index contributed by atoms with van der Waals surface area (Å²) >= 11 is 0. The molecular formula is C48H29N3O. The van der Waals surface area contributed by atoms with E-state index in [4.69, 9.17) is 14.4 Å². The quantitative estimate of drug-likeness (QED) is 0.188. The van der Waals surface area contributed by atoms with E-state index in [1.54, 1.807) is 0 Å². The fourth-order valence-electron chi connectivity index (χ4n) is 8.06. The second kappa shape index (κ2) is 11.2. The van der Waals surface area contributed by atoms with Gasteiger partial charge in [0.2, 0.25) is 0 Å². The van der Waals surface area contributed by atoms with E-state index in [2.05, 4.69) is 138 Å². The van der Waals surface area contributed by atoms with Crippen LogP contribution in [-0.2, 0) is 0 Å². The van der Waals surface area contributed by atoms with Crippen LogP contribution in [0.1, 0.15) is 0 Å². The van der Waals surface area contributed by atoms with Gasteiger partial charge >= 0.3 is 0 Å². The number of nitrogens with zero attached hydrogens (tertiary/aromatic N) is 3. The van der Waals surface area contributed by atoms with Crippen LogP contribution in [0.2, 0.25) is 0 Å². The van der Waals surface area contributed by atoms with E-state index in [0.29, 0.717) is 5.82 Å². The Bertz CT molecular complexity index is 3020. The third-order valence-corrected chi connectivity index (χ3v) is 10.4. The number of aromatic nitrogens is 3. The first-order chi connectivity index (χ1) is 25.8. The van der Waals surface area contributed by atoms with Crippen molar-refractivity contribution in [2.45, 2.75) is 0 Å². The van der Waals surface area contributed by atoms with Crippen molar-refractivity contribution in [2.75, 3.05) is 0 Å². The van der Waals surface area contributed by atoms with E-state index in [1.165, 1.54) is 32.3 Å². The minimum Gasteiger partial charge on any atom is -0.455 e. The van der Waals surface area contributed by atoms with E-state index in [0.717, 1.165) is 66.7 Å². The zero-order valence-corrected chi connectivity index (χ0v) is 28.0. The molecular weight excluding hydrogens is 635 g/mol. The highest BCUT2D eigenvalue weighted by atomic mass is 16.3. The average molecular weight is 664 g/mol. The van der Waals surface area contributed by atoms with Gasteiger partial charge in [-0.05, 0) is 57.9 Å². The highest BCUT2D eigenvalue weighted by Gasteiger charge is 2.23. The predicted molar refractivity (Wildman–Crippen MR) is 215 cm³/mol. The van der Waals surface area contributed by atoms with Gasteiger partial charge in [-0.3, -0.25) is 0 Å². The Morgan fingerprint density at radius 3 is 1.65 bits per heavy atom. The second-order valence-electron chi connectivity index (χ2n) is 13.3. The molecule has 0 aliphatic heterocycles. The summed E-state index contributed by atoms with van der Waals surface area (Å²) in [6.45, 7) is 0. The lowest BCUT2D eigenvalue weighted by atomic mass is 10.00. The molecule has 3 heterocycles. The van der Waals surface area contributed by atoms with Crippen molar-refractivity contribution in [3.8, 4) is 39.6 Å². The summed E-state index contributed by atoms with van der Waals surface area (Å²) in [6.07, 6.45) is 0. The monoisotopic (exact) mass is 663 g/mol. The molecule has 0 atom stereocenters. The Kier molecular flexibility index (Phi) is 6.22. The smallest absolute Gasteiger partial charge is 0.160 e. The van der Waals surface area contributed by atoms with E-state index in [9.17, 15) is 0 Å². The summed E-state index contributed by atoms with van der Waals surface area (Å²) in [7, 11) is 0. The number of furan rings is 1. The molecule has 0 aliphatic rings. The first kappa shape index (κ1) is 28.8. The molecule has 0 amide bonds. The highest BCUT2D eigenvalue weighted by molar-refractivity contribution is 6.29. The largest absolute Gasteiger partial charge is 0.455 e. The molecule has 8 aromatic carbocycles. The zero-order valence-electron chi connectivity index (χ0n) is 28.0. The fourth-order valence-corrected chi connectivity index (χ4v) is 8.06. The Balaban J connectivity index is 1.25. The number of rotatable bonds is 4. The normalized spacial score (nSPS) is 11.8.